The number of piperidine rings is 1. The third-order valence-corrected chi connectivity index (χ3v) is 3.40. The number of aliphatic hydroxyl groups excluding tert-OH is 1. The molecule has 1 fully saturated rings. The number of halogens is 1. The fourth-order valence-corrected chi connectivity index (χ4v) is 2.49. The summed E-state index contributed by atoms with van der Waals surface area (Å²) in [6.45, 7) is 2.76. The lowest BCUT2D eigenvalue weighted by Crippen LogP contribution is -2.41. The SMILES string of the molecule is COC(=O)C(Br)CN1CCCC(CO)C1. The van der Waals surface area contributed by atoms with Crippen molar-refractivity contribution in [2.75, 3.05) is 33.4 Å². The van der Waals surface area contributed by atoms with Gasteiger partial charge in [0.05, 0.1) is 7.11 Å². The smallest absolute Gasteiger partial charge is 0.320 e. The van der Waals surface area contributed by atoms with E-state index in [-0.39, 0.29) is 17.4 Å². The first-order chi connectivity index (χ1) is 7.17. The van der Waals surface area contributed by atoms with Crippen LogP contribution >= 0.6 is 15.9 Å². The Morgan fingerprint density at radius 2 is 2.47 bits per heavy atom. The van der Waals surface area contributed by atoms with Gasteiger partial charge in [-0.2, -0.15) is 0 Å². The van der Waals surface area contributed by atoms with E-state index in [9.17, 15) is 4.79 Å². The van der Waals surface area contributed by atoms with Crippen molar-refractivity contribution in [2.45, 2.75) is 17.7 Å². The van der Waals surface area contributed by atoms with E-state index in [1.54, 1.807) is 0 Å². The minimum Gasteiger partial charge on any atom is -0.468 e. The molecule has 0 bridgehead atoms. The number of nitrogens with zero attached hydrogens (tertiary/aromatic N) is 1. The summed E-state index contributed by atoms with van der Waals surface area (Å²) in [6, 6.07) is 0. The van der Waals surface area contributed by atoms with Crippen molar-refractivity contribution in [2.24, 2.45) is 5.92 Å². The van der Waals surface area contributed by atoms with Crippen molar-refractivity contribution in [3.63, 3.8) is 0 Å². The van der Waals surface area contributed by atoms with Crippen LogP contribution in [-0.2, 0) is 9.53 Å². The maximum Gasteiger partial charge on any atom is 0.320 e. The van der Waals surface area contributed by atoms with Crippen LogP contribution in [0.3, 0.4) is 0 Å². The number of rotatable bonds is 4. The molecule has 1 heterocycles. The molecule has 1 aliphatic heterocycles. The molecule has 15 heavy (non-hydrogen) atoms. The van der Waals surface area contributed by atoms with Gasteiger partial charge in [-0.3, -0.25) is 4.79 Å². The summed E-state index contributed by atoms with van der Waals surface area (Å²) in [5.74, 6) is 0.122. The average Bonchev–Trinajstić information content (AvgIpc) is 2.28. The van der Waals surface area contributed by atoms with Crippen molar-refractivity contribution in [1.29, 1.82) is 0 Å². The number of likely N-dealkylation sites (tertiary alicyclic amines) is 1. The third kappa shape index (κ3) is 4.09. The van der Waals surface area contributed by atoms with Crippen LogP contribution in [0.5, 0.6) is 0 Å². The second kappa shape index (κ2) is 6.45. The van der Waals surface area contributed by atoms with Crippen molar-refractivity contribution >= 4 is 21.9 Å². The van der Waals surface area contributed by atoms with E-state index < -0.39 is 0 Å². The van der Waals surface area contributed by atoms with E-state index in [2.05, 4.69) is 25.6 Å². The molecule has 5 heteroatoms. The van der Waals surface area contributed by atoms with Crippen molar-refractivity contribution in [3.05, 3.63) is 0 Å². The molecule has 0 radical (unpaired) electrons. The first-order valence-corrected chi connectivity index (χ1v) is 6.14. The molecule has 0 aromatic heterocycles. The fraction of sp³-hybridized carbons (Fsp3) is 0.900. The topological polar surface area (TPSA) is 49.8 Å². The molecule has 0 aliphatic carbocycles. The second-order valence-electron chi connectivity index (χ2n) is 3.94. The van der Waals surface area contributed by atoms with E-state index in [0.29, 0.717) is 12.5 Å². The lowest BCUT2D eigenvalue weighted by Gasteiger charge is -2.32. The van der Waals surface area contributed by atoms with Crippen LogP contribution in [0.4, 0.5) is 0 Å². The van der Waals surface area contributed by atoms with Crippen LogP contribution < -0.4 is 0 Å². The van der Waals surface area contributed by atoms with Gasteiger partial charge in [0.1, 0.15) is 4.83 Å². The van der Waals surface area contributed by atoms with Gasteiger partial charge in [-0.05, 0) is 25.3 Å². The highest BCUT2D eigenvalue weighted by molar-refractivity contribution is 9.10. The normalized spacial score (nSPS) is 24.9. The maximum absolute atomic E-state index is 11.2. The van der Waals surface area contributed by atoms with E-state index >= 15 is 0 Å². The predicted octanol–water partition coefficient (Wildman–Crippen LogP) is 0.627. The third-order valence-electron chi connectivity index (χ3n) is 2.74. The fourth-order valence-electron chi connectivity index (χ4n) is 1.90. The molecule has 2 atom stereocenters. The Bertz CT molecular complexity index is 213. The number of esters is 1. The summed E-state index contributed by atoms with van der Waals surface area (Å²) in [5.41, 5.74) is 0. The van der Waals surface area contributed by atoms with Crippen LogP contribution in [0.15, 0.2) is 0 Å². The monoisotopic (exact) mass is 279 g/mol. The van der Waals surface area contributed by atoms with Gasteiger partial charge in [-0.1, -0.05) is 15.9 Å². The number of carbonyl (C=O) groups is 1. The molecule has 2 unspecified atom stereocenters. The highest BCUT2D eigenvalue weighted by Gasteiger charge is 2.24. The van der Waals surface area contributed by atoms with Crippen LogP contribution in [0.1, 0.15) is 12.8 Å². The van der Waals surface area contributed by atoms with Crippen LogP contribution in [-0.4, -0.2) is 54.2 Å². The number of ether oxygens (including phenoxy) is 1. The van der Waals surface area contributed by atoms with E-state index in [1.807, 2.05) is 0 Å². The van der Waals surface area contributed by atoms with Gasteiger partial charge in [0.2, 0.25) is 0 Å². The number of aliphatic hydroxyl groups is 1. The minimum absolute atomic E-state index is 0.235. The Kier molecular flexibility index (Phi) is 5.56. The molecule has 1 aliphatic rings. The zero-order chi connectivity index (χ0) is 11.3. The standard InChI is InChI=1S/C10H18BrNO3/c1-15-10(14)9(11)6-12-4-2-3-8(5-12)7-13/h8-9,13H,2-7H2,1H3. The highest BCUT2D eigenvalue weighted by Crippen LogP contribution is 2.17. The molecule has 1 rings (SSSR count). The molecule has 4 nitrogen and oxygen atoms in total. The Morgan fingerprint density at radius 1 is 1.73 bits per heavy atom. The number of methoxy groups -OCH3 is 1. The molecule has 0 saturated carbocycles. The van der Waals surface area contributed by atoms with Crippen molar-refractivity contribution in [3.8, 4) is 0 Å². The van der Waals surface area contributed by atoms with Crippen molar-refractivity contribution < 1.29 is 14.6 Å². The Labute approximate surface area is 98.7 Å². The number of carbonyl (C=O) groups excluding carboxylic acids is 1. The van der Waals surface area contributed by atoms with Crippen LogP contribution in [0, 0.1) is 5.92 Å². The quantitative estimate of drug-likeness (QED) is 0.606. The average molecular weight is 280 g/mol. The maximum atomic E-state index is 11.2. The van der Waals surface area contributed by atoms with E-state index in [1.165, 1.54) is 7.11 Å². The van der Waals surface area contributed by atoms with Crippen LogP contribution in [0.2, 0.25) is 0 Å². The second-order valence-corrected chi connectivity index (χ2v) is 5.05. The number of hydrogen-bond donors (Lipinski definition) is 1. The first-order valence-electron chi connectivity index (χ1n) is 5.22. The first kappa shape index (κ1) is 12.9. The minimum atomic E-state index is -0.264. The zero-order valence-electron chi connectivity index (χ0n) is 8.99. The molecule has 0 amide bonds. The molecular weight excluding hydrogens is 262 g/mol. The zero-order valence-corrected chi connectivity index (χ0v) is 10.6. The number of hydrogen-bond acceptors (Lipinski definition) is 4. The Morgan fingerprint density at radius 3 is 3.07 bits per heavy atom. The van der Waals surface area contributed by atoms with Crippen LogP contribution in [0.25, 0.3) is 0 Å². The van der Waals surface area contributed by atoms with Gasteiger partial charge in [0.15, 0.2) is 0 Å². The van der Waals surface area contributed by atoms with Gasteiger partial charge < -0.3 is 14.7 Å². The van der Waals surface area contributed by atoms with E-state index in [4.69, 9.17) is 5.11 Å². The largest absolute Gasteiger partial charge is 0.468 e. The summed E-state index contributed by atoms with van der Waals surface area (Å²) >= 11 is 3.30. The molecular formula is C10H18BrNO3. The van der Waals surface area contributed by atoms with Gasteiger partial charge >= 0.3 is 5.97 Å². The molecule has 0 aromatic carbocycles. The lowest BCUT2D eigenvalue weighted by atomic mass is 9.99. The van der Waals surface area contributed by atoms with Crippen molar-refractivity contribution in [1.82, 2.24) is 4.90 Å². The Balaban J connectivity index is 2.34. The summed E-state index contributed by atoms with van der Waals surface area (Å²) in [5, 5.41) is 9.07. The molecule has 0 spiro atoms. The molecule has 88 valence electrons. The molecule has 0 aromatic rings. The molecule has 1 N–H and O–H groups in total. The summed E-state index contributed by atoms with van der Waals surface area (Å²) in [7, 11) is 1.39. The summed E-state index contributed by atoms with van der Waals surface area (Å²) in [6.07, 6.45) is 2.17. The lowest BCUT2D eigenvalue weighted by molar-refractivity contribution is -0.140. The molecule has 1 saturated heterocycles. The predicted molar refractivity (Wildman–Crippen MR) is 61.0 cm³/mol. The summed E-state index contributed by atoms with van der Waals surface area (Å²) in [4.78, 5) is 13.1. The van der Waals surface area contributed by atoms with E-state index in [0.717, 1.165) is 25.9 Å². The van der Waals surface area contributed by atoms with Gasteiger partial charge in [0, 0.05) is 19.7 Å². The van der Waals surface area contributed by atoms with Gasteiger partial charge in [-0.15, -0.1) is 0 Å². The highest BCUT2D eigenvalue weighted by atomic mass is 79.9. The summed E-state index contributed by atoms with van der Waals surface area (Å²) < 4.78 is 4.64. The van der Waals surface area contributed by atoms with Gasteiger partial charge in [0.25, 0.3) is 0 Å². The number of alkyl halides is 1. The Hall–Kier alpha value is -0.130. The van der Waals surface area contributed by atoms with Gasteiger partial charge in [-0.25, -0.2) is 0 Å².